The first-order valence-corrected chi connectivity index (χ1v) is 15.7. The van der Waals surface area contributed by atoms with E-state index in [9.17, 15) is 5.26 Å². The van der Waals surface area contributed by atoms with Gasteiger partial charge in [-0.1, -0.05) is 91.0 Å². The number of hydrogen-bond acceptors (Lipinski definition) is 2. The number of rotatable bonds is 3. The van der Waals surface area contributed by atoms with Crippen LogP contribution in [0.3, 0.4) is 0 Å². The van der Waals surface area contributed by atoms with Gasteiger partial charge in [0, 0.05) is 22.7 Å². The summed E-state index contributed by atoms with van der Waals surface area (Å²) >= 11 is 0. The van der Waals surface area contributed by atoms with E-state index in [0.29, 0.717) is 5.56 Å². The molecular weight excluding hydrogens is 546 g/mol. The lowest BCUT2D eigenvalue weighted by Crippen LogP contribution is -2.06. The number of benzene rings is 6. The molecule has 1 atom stereocenters. The Balaban J connectivity index is 1.14. The summed E-state index contributed by atoms with van der Waals surface area (Å²) in [7, 11) is 0. The maximum absolute atomic E-state index is 9.63. The summed E-state index contributed by atoms with van der Waals surface area (Å²) in [6, 6.07) is 41.2. The van der Waals surface area contributed by atoms with Gasteiger partial charge in [0.1, 0.15) is 0 Å². The third kappa shape index (κ3) is 4.07. The van der Waals surface area contributed by atoms with Crippen molar-refractivity contribution in [1.29, 1.82) is 5.26 Å². The van der Waals surface area contributed by atoms with Crippen LogP contribution in [0, 0.1) is 11.3 Å². The molecule has 0 N–H and O–H groups in total. The number of nitrogens with zero attached hydrogens (tertiary/aromatic N) is 3. The first kappa shape index (κ1) is 25.7. The van der Waals surface area contributed by atoms with E-state index in [1.54, 1.807) is 0 Å². The Bertz CT molecular complexity index is 2470. The number of aromatic nitrogens is 1. The zero-order valence-corrected chi connectivity index (χ0v) is 24.7. The van der Waals surface area contributed by atoms with Crippen molar-refractivity contribution in [3.05, 3.63) is 149 Å². The van der Waals surface area contributed by atoms with Gasteiger partial charge in [0.25, 0.3) is 0 Å². The Hall–Kier alpha value is -5.72. The molecular formula is C42H29N3. The summed E-state index contributed by atoms with van der Waals surface area (Å²) in [6.07, 6.45) is 12.1. The first-order valence-electron chi connectivity index (χ1n) is 15.7. The lowest BCUT2D eigenvalue weighted by molar-refractivity contribution is 0.743. The molecule has 0 radical (unpaired) electrons. The molecule has 212 valence electrons. The predicted octanol–water partition coefficient (Wildman–Crippen LogP) is 10.5. The summed E-state index contributed by atoms with van der Waals surface area (Å²) in [5.41, 5.74) is 10.4. The summed E-state index contributed by atoms with van der Waals surface area (Å²) in [6.45, 7) is 0. The average Bonchev–Trinajstić information content (AvgIpc) is 3.44. The fourth-order valence-corrected chi connectivity index (χ4v) is 7.46. The van der Waals surface area contributed by atoms with Crippen molar-refractivity contribution in [2.75, 3.05) is 0 Å². The molecule has 0 bridgehead atoms. The molecule has 3 heteroatoms. The molecule has 0 saturated heterocycles. The number of aliphatic imine (C=N–C) groups is 1. The van der Waals surface area contributed by atoms with Gasteiger partial charge in [0.05, 0.1) is 28.7 Å². The summed E-state index contributed by atoms with van der Waals surface area (Å²) < 4.78 is 2.28. The molecule has 0 saturated carbocycles. The minimum atomic E-state index is 0.0482. The zero-order chi connectivity index (χ0) is 29.9. The number of hydrogen-bond donors (Lipinski definition) is 0. The highest BCUT2D eigenvalue weighted by molar-refractivity contribution is 6.17. The Morgan fingerprint density at radius 1 is 0.733 bits per heavy atom. The van der Waals surface area contributed by atoms with Crippen molar-refractivity contribution in [3.63, 3.8) is 0 Å². The normalized spacial score (nSPS) is 15.9. The highest BCUT2D eigenvalue weighted by atomic mass is 15.0. The van der Waals surface area contributed by atoms with E-state index in [1.165, 1.54) is 54.8 Å². The van der Waals surface area contributed by atoms with Crippen LogP contribution < -0.4 is 0 Å². The fraction of sp³-hybridized carbons (Fsp3) is 0.0952. The van der Waals surface area contributed by atoms with Crippen molar-refractivity contribution >= 4 is 61.2 Å². The molecule has 1 aliphatic heterocycles. The van der Waals surface area contributed by atoms with E-state index in [0.717, 1.165) is 41.4 Å². The van der Waals surface area contributed by atoms with Gasteiger partial charge in [-0.3, -0.25) is 4.99 Å². The Morgan fingerprint density at radius 2 is 1.53 bits per heavy atom. The minimum absolute atomic E-state index is 0.0482. The molecule has 45 heavy (non-hydrogen) atoms. The maximum atomic E-state index is 9.63. The van der Waals surface area contributed by atoms with Crippen molar-refractivity contribution < 1.29 is 0 Å². The largest absolute Gasteiger partial charge is 0.309 e. The first-order chi connectivity index (χ1) is 22.3. The van der Waals surface area contributed by atoms with E-state index >= 15 is 0 Å². The summed E-state index contributed by atoms with van der Waals surface area (Å²) in [5, 5.41) is 17.2. The molecule has 0 amide bonds. The van der Waals surface area contributed by atoms with Crippen LogP contribution in [0.1, 0.15) is 46.7 Å². The van der Waals surface area contributed by atoms with Crippen LogP contribution >= 0.6 is 0 Å². The Morgan fingerprint density at radius 3 is 2.38 bits per heavy atom. The van der Waals surface area contributed by atoms with Gasteiger partial charge in [-0.05, 0) is 105 Å². The summed E-state index contributed by atoms with van der Waals surface area (Å²) in [5.74, 6) is 0. The van der Waals surface area contributed by atoms with E-state index in [1.807, 2.05) is 18.2 Å². The Labute approximate surface area is 261 Å². The molecule has 0 fully saturated rings. The number of allylic oxidation sites excluding steroid dienone is 2. The third-order valence-electron chi connectivity index (χ3n) is 9.63. The van der Waals surface area contributed by atoms with Gasteiger partial charge in [-0.25, -0.2) is 0 Å². The van der Waals surface area contributed by atoms with E-state index in [-0.39, 0.29) is 6.04 Å². The van der Waals surface area contributed by atoms with Crippen molar-refractivity contribution in [2.24, 2.45) is 4.99 Å². The van der Waals surface area contributed by atoms with Crippen LogP contribution in [-0.2, 0) is 6.42 Å². The lowest BCUT2D eigenvalue weighted by Gasteiger charge is -2.22. The van der Waals surface area contributed by atoms with Crippen molar-refractivity contribution in [1.82, 2.24) is 4.57 Å². The van der Waals surface area contributed by atoms with E-state index in [4.69, 9.17) is 4.99 Å². The van der Waals surface area contributed by atoms with Crippen LogP contribution in [0.25, 0.3) is 60.7 Å². The molecule has 2 aliphatic rings. The topological polar surface area (TPSA) is 41.1 Å². The third-order valence-corrected chi connectivity index (χ3v) is 9.63. The second-order valence-corrected chi connectivity index (χ2v) is 12.1. The van der Waals surface area contributed by atoms with Gasteiger partial charge in [-0.2, -0.15) is 5.26 Å². The van der Waals surface area contributed by atoms with Gasteiger partial charge in [0.2, 0.25) is 0 Å². The SMILES string of the molecule is N#Cc1ccc2c3ccc(C4CC=C(c5cc6c(ccc7ccccc76)c6c5CCC=C6)C=N4)cc3n(-c3ccccc3)c2c1. The smallest absolute Gasteiger partial charge is 0.0992 e. The van der Waals surface area contributed by atoms with Crippen LogP contribution in [0.4, 0.5) is 0 Å². The monoisotopic (exact) mass is 575 g/mol. The van der Waals surface area contributed by atoms with Gasteiger partial charge in [0.15, 0.2) is 0 Å². The van der Waals surface area contributed by atoms with Crippen LogP contribution in [0.15, 0.2) is 126 Å². The molecule has 1 aromatic heterocycles. The standard InChI is InChI=1S/C42H29N3/c43-25-27-14-18-36-37-20-16-29(23-42(37)45(41(36)22-27)31-9-2-1-3-10-31)40-21-17-30(26-44-40)38-24-39-32-11-5-4-8-28(32)15-19-35(39)33-12-6-7-13-34(33)38/h1-6,8-12,14-20,22-24,26,40H,7,13,21H2. The number of para-hydroxylation sites is 1. The number of fused-ring (bicyclic) bond motifs is 8. The minimum Gasteiger partial charge on any atom is -0.309 e. The molecule has 3 nitrogen and oxygen atoms in total. The quantitative estimate of drug-likeness (QED) is 0.193. The van der Waals surface area contributed by atoms with Crippen LogP contribution in [-0.4, -0.2) is 10.8 Å². The molecule has 1 unspecified atom stereocenters. The molecule has 1 aliphatic carbocycles. The number of nitriles is 1. The molecule has 2 heterocycles. The zero-order valence-electron chi connectivity index (χ0n) is 24.7. The van der Waals surface area contributed by atoms with Gasteiger partial charge < -0.3 is 4.57 Å². The van der Waals surface area contributed by atoms with Crippen LogP contribution in [0.5, 0.6) is 0 Å². The fourth-order valence-electron chi connectivity index (χ4n) is 7.46. The summed E-state index contributed by atoms with van der Waals surface area (Å²) in [4.78, 5) is 5.18. The maximum Gasteiger partial charge on any atom is 0.0992 e. The lowest BCUT2D eigenvalue weighted by atomic mass is 9.83. The van der Waals surface area contributed by atoms with E-state index in [2.05, 4.69) is 126 Å². The second kappa shape index (κ2) is 10.2. The van der Waals surface area contributed by atoms with Crippen molar-refractivity contribution in [3.8, 4) is 11.8 Å². The Kier molecular flexibility index (Phi) is 5.83. The molecule has 7 aromatic rings. The van der Waals surface area contributed by atoms with Gasteiger partial charge in [-0.15, -0.1) is 0 Å². The molecule has 6 aromatic carbocycles. The highest BCUT2D eigenvalue weighted by Crippen LogP contribution is 2.40. The van der Waals surface area contributed by atoms with Crippen molar-refractivity contribution in [2.45, 2.75) is 25.3 Å². The predicted molar refractivity (Wildman–Crippen MR) is 188 cm³/mol. The van der Waals surface area contributed by atoms with E-state index < -0.39 is 0 Å². The second-order valence-electron chi connectivity index (χ2n) is 12.1. The average molecular weight is 576 g/mol. The van der Waals surface area contributed by atoms with Gasteiger partial charge >= 0.3 is 0 Å². The van der Waals surface area contributed by atoms with Crippen LogP contribution in [0.2, 0.25) is 0 Å². The number of dihydropyridines is 1. The molecule has 0 spiro atoms. The molecule has 9 rings (SSSR count). The highest BCUT2D eigenvalue weighted by Gasteiger charge is 2.21.